The smallest absolute Gasteiger partial charge is 0.323 e. The van der Waals surface area contributed by atoms with Gasteiger partial charge in [-0.05, 0) is 25.0 Å². The van der Waals surface area contributed by atoms with Gasteiger partial charge in [0.1, 0.15) is 6.54 Å². The summed E-state index contributed by atoms with van der Waals surface area (Å²) in [5.74, 6) is -1.62. The molecule has 2 N–H and O–H groups in total. The largest absolute Gasteiger partial charge is 0.480 e. The molecule has 0 aromatic carbocycles. The summed E-state index contributed by atoms with van der Waals surface area (Å²) < 4.78 is 0. The Bertz CT molecular complexity index is 525. The molecule has 2 amide bonds. The molecule has 0 saturated carbocycles. The van der Waals surface area contributed by atoms with Crippen LogP contribution in [0.3, 0.4) is 0 Å². The van der Waals surface area contributed by atoms with Crippen molar-refractivity contribution in [3.8, 4) is 0 Å². The van der Waals surface area contributed by atoms with E-state index in [1.54, 1.807) is 6.07 Å². The van der Waals surface area contributed by atoms with Crippen LogP contribution in [-0.4, -0.2) is 47.4 Å². The fourth-order valence-corrected chi connectivity index (χ4v) is 2.55. The lowest BCUT2D eigenvalue weighted by Gasteiger charge is -2.22. The van der Waals surface area contributed by atoms with Crippen LogP contribution in [0.4, 0.5) is 0 Å². The number of carboxylic acids is 1. The minimum Gasteiger partial charge on any atom is -0.480 e. The number of hydrogen-bond donors (Lipinski definition) is 2. The first-order chi connectivity index (χ1) is 9.79. The van der Waals surface area contributed by atoms with Crippen molar-refractivity contribution in [3.05, 3.63) is 21.9 Å². The lowest BCUT2D eigenvalue weighted by Crippen LogP contribution is -2.44. The highest BCUT2D eigenvalue weighted by Crippen LogP contribution is 2.14. The molecule has 0 aliphatic carbocycles. The van der Waals surface area contributed by atoms with Gasteiger partial charge in [-0.2, -0.15) is 0 Å². The van der Waals surface area contributed by atoms with Crippen LogP contribution in [0.15, 0.2) is 12.1 Å². The molecule has 0 aliphatic heterocycles. The van der Waals surface area contributed by atoms with E-state index in [4.69, 9.17) is 5.11 Å². The predicted octanol–water partition coefficient (Wildman–Crippen LogP) is 1.36. The van der Waals surface area contributed by atoms with Crippen molar-refractivity contribution in [2.45, 2.75) is 20.8 Å². The Kier molecular flexibility index (Phi) is 6.36. The topological polar surface area (TPSA) is 86.7 Å². The third-order valence-electron chi connectivity index (χ3n) is 2.63. The number of aliphatic carboxylic acids is 1. The van der Waals surface area contributed by atoms with Gasteiger partial charge in [0, 0.05) is 11.4 Å². The fraction of sp³-hybridized carbons (Fsp3) is 0.500. The number of carbonyl (C=O) groups is 3. The van der Waals surface area contributed by atoms with Crippen LogP contribution in [-0.2, 0) is 9.59 Å². The van der Waals surface area contributed by atoms with Crippen LogP contribution in [0, 0.1) is 12.8 Å². The van der Waals surface area contributed by atoms with Crippen LogP contribution in [0.25, 0.3) is 0 Å². The summed E-state index contributed by atoms with van der Waals surface area (Å²) in [4.78, 5) is 37.4. The summed E-state index contributed by atoms with van der Waals surface area (Å²) in [7, 11) is 0. The van der Waals surface area contributed by atoms with Crippen LogP contribution < -0.4 is 5.32 Å². The second kappa shape index (κ2) is 7.78. The normalized spacial score (nSPS) is 10.5. The monoisotopic (exact) mass is 312 g/mol. The molecule has 0 unspecified atom stereocenters. The third kappa shape index (κ3) is 5.95. The maximum atomic E-state index is 12.0. The number of carboxylic acid groups (broad SMARTS) is 1. The Morgan fingerprint density at radius 1 is 1.33 bits per heavy atom. The van der Waals surface area contributed by atoms with Crippen molar-refractivity contribution in [2.24, 2.45) is 5.92 Å². The van der Waals surface area contributed by atoms with Gasteiger partial charge in [0.05, 0.1) is 11.4 Å². The molecule has 0 saturated heterocycles. The SMILES string of the molecule is Cc1ccc(C(=O)NCC(=O)N(CC(=O)O)CC(C)C)s1. The van der Waals surface area contributed by atoms with Crippen LogP contribution >= 0.6 is 11.3 Å². The molecule has 1 heterocycles. The van der Waals surface area contributed by atoms with E-state index >= 15 is 0 Å². The minimum atomic E-state index is -1.07. The van der Waals surface area contributed by atoms with E-state index in [1.807, 2.05) is 26.8 Å². The maximum Gasteiger partial charge on any atom is 0.323 e. The second-order valence-electron chi connectivity index (χ2n) is 5.15. The highest BCUT2D eigenvalue weighted by atomic mass is 32.1. The van der Waals surface area contributed by atoms with Crippen molar-refractivity contribution in [1.29, 1.82) is 0 Å². The molecule has 0 spiro atoms. The number of aryl methyl sites for hydroxylation is 1. The van der Waals surface area contributed by atoms with Crippen molar-refractivity contribution in [3.63, 3.8) is 0 Å². The van der Waals surface area contributed by atoms with Crippen molar-refractivity contribution in [2.75, 3.05) is 19.6 Å². The van der Waals surface area contributed by atoms with E-state index in [0.717, 1.165) is 4.88 Å². The number of nitrogens with zero attached hydrogens (tertiary/aromatic N) is 1. The molecule has 21 heavy (non-hydrogen) atoms. The molecule has 116 valence electrons. The number of nitrogens with one attached hydrogen (secondary N) is 1. The van der Waals surface area contributed by atoms with E-state index in [0.29, 0.717) is 11.4 Å². The Morgan fingerprint density at radius 2 is 2.00 bits per heavy atom. The zero-order valence-electron chi connectivity index (χ0n) is 12.4. The summed E-state index contributed by atoms with van der Waals surface area (Å²) in [6.45, 7) is 5.48. The van der Waals surface area contributed by atoms with Crippen molar-refractivity contribution < 1.29 is 19.5 Å². The quantitative estimate of drug-likeness (QED) is 0.796. The Balaban J connectivity index is 2.56. The molecule has 0 radical (unpaired) electrons. The molecular formula is C14H20N2O4S. The van der Waals surface area contributed by atoms with Gasteiger partial charge in [-0.25, -0.2) is 0 Å². The van der Waals surface area contributed by atoms with Gasteiger partial charge in [0.2, 0.25) is 5.91 Å². The summed E-state index contributed by atoms with van der Waals surface area (Å²) >= 11 is 1.35. The summed E-state index contributed by atoms with van der Waals surface area (Å²) in [6, 6.07) is 3.53. The highest BCUT2D eigenvalue weighted by molar-refractivity contribution is 7.13. The number of hydrogen-bond acceptors (Lipinski definition) is 4. The second-order valence-corrected chi connectivity index (χ2v) is 6.44. The summed E-state index contributed by atoms with van der Waals surface area (Å²) in [6.07, 6.45) is 0. The molecule has 6 nitrogen and oxygen atoms in total. The average molecular weight is 312 g/mol. The summed E-state index contributed by atoms with van der Waals surface area (Å²) in [5.41, 5.74) is 0. The summed E-state index contributed by atoms with van der Waals surface area (Å²) in [5, 5.41) is 11.4. The third-order valence-corrected chi connectivity index (χ3v) is 3.63. The Morgan fingerprint density at radius 3 is 2.48 bits per heavy atom. The molecule has 0 fully saturated rings. The lowest BCUT2D eigenvalue weighted by molar-refractivity contribution is -0.144. The van der Waals surface area contributed by atoms with Gasteiger partial charge in [-0.1, -0.05) is 13.8 Å². The van der Waals surface area contributed by atoms with Gasteiger partial charge in [0.25, 0.3) is 5.91 Å². The zero-order chi connectivity index (χ0) is 16.0. The molecule has 0 aliphatic rings. The van der Waals surface area contributed by atoms with Crippen molar-refractivity contribution >= 4 is 29.1 Å². The van der Waals surface area contributed by atoms with Gasteiger partial charge >= 0.3 is 5.97 Å². The van der Waals surface area contributed by atoms with Gasteiger partial charge in [0.15, 0.2) is 0 Å². The molecule has 1 aromatic heterocycles. The Hall–Kier alpha value is -1.89. The molecule has 0 atom stereocenters. The fourth-order valence-electron chi connectivity index (χ4n) is 1.77. The first-order valence-electron chi connectivity index (χ1n) is 6.63. The first kappa shape index (κ1) is 17.2. The number of amides is 2. The lowest BCUT2D eigenvalue weighted by atomic mass is 10.2. The molecular weight excluding hydrogens is 292 g/mol. The predicted molar refractivity (Wildman–Crippen MR) is 80.4 cm³/mol. The van der Waals surface area contributed by atoms with E-state index in [-0.39, 0.29) is 24.9 Å². The van der Waals surface area contributed by atoms with E-state index in [9.17, 15) is 14.4 Å². The highest BCUT2D eigenvalue weighted by Gasteiger charge is 2.19. The van der Waals surface area contributed by atoms with Gasteiger partial charge in [-0.3, -0.25) is 14.4 Å². The van der Waals surface area contributed by atoms with E-state index < -0.39 is 11.9 Å². The number of thiophene rings is 1. The number of rotatable bonds is 7. The van der Waals surface area contributed by atoms with Crippen molar-refractivity contribution in [1.82, 2.24) is 10.2 Å². The van der Waals surface area contributed by atoms with Crippen LogP contribution in [0.2, 0.25) is 0 Å². The molecule has 1 rings (SSSR count). The van der Waals surface area contributed by atoms with E-state index in [2.05, 4.69) is 5.32 Å². The minimum absolute atomic E-state index is 0.156. The standard InChI is InChI=1S/C14H20N2O4S/c1-9(2)7-16(8-13(18)19)12(17)6-15-14(20)11-5-4-10(3)21-11/h4-5,9H,6-8H2,1-3H3,(H,15,20)(H,18,19). The van der Waals surface area contributed by atoms with Crippen LogP contribution in [0.1, 0.15) is 28.4 Å². The van der Waals surface area contributed by atoms with E-state index in [1.165, 1.54) is 16.2 Å². The van der Waals surface area contributed by atoms with Gasteiger partial charge < -0.3 is 15.3 Å². The molecule has 1 aromatic rings. The average Bonchev–Trinajstić information content (AvgIpc) is 2.80. The van der Waals surface area contributed by atoms with Gasteiger partial charge in [-0.15, -0.1) is 11.3 Å². The number of carbonyl (C=O) groups excluding carboxylic acids is 2. The zero-order valence-corrected chi connectivity index (χ0v) is 13.2. The first-order valence-corrected chi connectivity index (χ1v) is 7.45. The Labute approximate surface area is 127 Å². The molecule has 7 heteroatoms. The maximum absolute atomic E-state index is 12.0. The van der Waals surface area contributed by atoms with Crippen LogP contribution in [0.5, 0.6) is 0 Å². The molecule has 0 bridgehead atoms.